The lowest BCUT2D eigenvalue weighted by atomic mass is 10.1. The molecule has 1 unspecified atom stereocenters. The molecule has 0 radical (unpaired) electrons. The van der Waals surface area contributed by atoms with E-state index in [2.05, 4.69) is 5.32 Å². The number of nitrogens with one attached hydrogen (secondary N) is 1. The van der Waals surface area contributed by atoms with Gasteiger partial charge >= 0.3 is 5.69 Å². The quantitative estimate of drug-likeness (QED) is 0.269. The molecule has 10 nitrogen and oxygen atoms in total. The summed E-state index contributed by atoms with van der Waals surface area (Å²) in [6.07, 6.45) is 1.78. The first-order valence-corrected chi connectivity index (χ1v) is 11.0. The smallest absolute Gasteiger partial charge is 0.311 e. The molecule has 2 amide bonds. The minimum absolute atomic E-state index is 0.0220. The third-order valence-corrected chi connectivity index (χ3v) is 5.22. The van der Waals surface area contributed by atoms with Gasteiger partial charge in [-0.05, 0) is 37.1 Å². The van der Waals surface area contributed by atoms with Gasteiger partial charge in [-0.2, -0.15) is 0 Å². The van der Waals surface area contributed by atoms with Crippen molar-refractivity contribution in [2.45, 2.75) is 39.3 Å². The first-order valence-electron chi connectivity index (χ1n) is 11.0. The normalized spacial score (nSPS) is 11.3. The molecule has 0 saturated carbocycles. The van der Waals surface area contributed by atoms with Gasteiger partial charge in [0, 0.05) is 25.2 Å². The van der Waals surface area contributed by atoms with Crippen LogP contribution in [0, 0.1) is 10.1 Å². The number of rotatable bonds is 13. The van der Waals surface area contributed by atoms with Crippen LogP contribution in [-0.2, 0) is 16.1 Å². The molecule has 0 aliphatic heterocycles. The minimum Gasteiger partial charge on any atom is -0.497 e. The summed E-state index contributed by atoms with van der Waals surface area (Å²) >= 11 is 0. The molecule has 0 aromatic heterocycles. The zero-order valence-electron chi connectivity index (χ0n) is 19.9. The van der Waals surface area contributed by atoms with Crippen LogP contribution in [-0.4, -0.2) is 55.1 Å². The van der Waals surface area contributed by atoms with Gasteiger partial charge in [0.15, 0.2) is 6.61 Å². The fraction of sp³-hybridized carbons (Fsp3) is 0.417. The van der Waals surface area contributed by atoms with E-state index in [1.54, 1.807) is 26.2 Å². The lowest BCUT2D eigenvalue weighted by molar-refractivity contribution is -0.385. The average Bonchev–Trinajstić information content (AvgIpc) is 2.85. The Morgan fingerprint density at radius 3 is 2.35 bits per heavy atom. The zero-order valence-corrected chi connectivity index (χ0v) is 19.9. The van der Waals surface area contributed by atoms with E-state index in [1.807, 2.05) is 19.1 Å². The Morgan fingerprint density at radius 1 is 1.09 bits per heavy atom. The Morgan fingerprint density at radius 2 is 1.76 bits per heavy atom. The molecule has 0 fully saturated rings. The van der Waals surface area contributed by atoms with Crippen LogP contribution < -0.4 is 19.5 Å². The minimum atomic E-state index is -0.735. The van der Waals surface area contributed by atoms with Gasteiger partial charge in [0.1, 0.15) is 17.5 Å². The summed E-state index contributed by atoms with van der Waals surface area (Å²) in [6, 6.07) is 10.5. The number of hydrogen-bond acceptors (Lipinski definition) is 7. The van der Waals surface area contributed by atoms with Gasteiger partial charge in [-0.1, -0.05) is 25.5 Å². The maximum Gasteiger partial charge on any atom is 0.311 e. The molecule has 0 spiro atoms. The number of nitro groups is 1. The van der Waals surface area contributed by atoms with Crippen LogP contribution >= 0.6 is 0 Å². The molecule has 0 heterocycles. The Kier molecular flexibility index (Phi) is 10.1. The molecule has 1 N–H and O–H groups in total. The lowest BCUT2D eigenvalue weighted by Crippen LogP contribution is -2.49. The highest BCUT2D eigenvalue weighted by molar-refractivity contribution is 5.88. The van der Waals surface area contributed by atoms with Crippen molar-refractivity contribution in [3.05, 3.63) is 58.1 Å². The molecule has 0 saturated heterocycles. The zero-order chi connectivity index (χ0) is 25.1. The molecule has 10 heteroatoms. The molecule has 184 valence electrons. The number of carbonyl (C=O) groups is 2. The number of nitrogens with zero attached hydrogens (tertiary/aromatic N) is 2. The summed E-state index contributed by atoms with van der Waals surface area (Å²) in [7, 11) is 2.88. The van der Waals surface area contributed by atoms with E-state index >= 15 is 0 Å². The molecule has 0 bridgehead atoms. The summed E-state index contributed by atoms with van der Waals surface area (Å²) < 4.78 is 15.8. The van der Waals surface area contributed by atoms with Gasteiger partial charge in [-0.25, -0.2) is 0 Å². The van der Waals surface area contributed by atoms with E-state index in [0.29, 0.717) is 12.3 Å². The Balaban J connectivity index is 2.16. The highest BCUT2D eigenvalue weighted by Gasteiger charge is 2.26. The van der Waals surface area contributed by atoms with Crippen molar-refractivity contribution in [1.29, 1.82) is 0 Å². The number of methoxy groups -OCH3 is 2. The van der Waals surface area contributed by atoms with E-state index in [-0.39, 0.29) is 36.2 Å². The number of ether oxygens (including phenoxy) is 3. The monoisotopic (exact) mass is 473 g/mol. The van der Waals surface area contributed by atoms with E-state index in [1.165, 1.54) is 30.2 Å². The molecule has 1 atom stereocenters. The van der Waals surface area contributed by atoms with Crippen molar-refractivity contribution in [2.75, 3.05) is 27.4 Å². The van der Waals surface area contributed by atoms with Gasteiger partial charge < -0.3 is 24.4 Å². The van der Waals surface area contributed by atoms with Gasteiger partial charge in [-0.3, -0.25) is 19.7 Å². The molecule has 2 rings (SSSR count). The second-order valence-corrected chi connectivity index (χ2v) is 7.57. The molecule has 34 heavy (non-hydrogen) atoms. The van der Waals surface area contributed by atoms with Gasteiger partial charge in [0.2, 0.25) is 11.7 Å². The van der Waals surface area contributed by atoms with E-state index in [4.69, 9.17) is 14.2 Å². The summed E-state index contributed by atoms with van der Waals surface area (Å²) in [4.78, 5) is 37.7. The molecule has 2 aromatic carbocycles. The molecule has 0 aliphatic rings. The van der Waals surface area contributed by atoms with Crippen LogP contribution in [0.25, 0.3) is 0 Å². The fourth-order valence-electron chi connectivity index (χ4n) is 3.17. The number of nitro benzene ring substituents is 1. The predicted octanol–water partition coefficient (Wildman–Crippen LogP) is 3.32. The van der Waals surface area contributed by atoms with Crippen LogP contribution in [0.1, 0.15) is 32.3 Å². The number of benzene rings is 2. The Labute approximate surface area is 198 Å². The highest BCUT2D eigenvalue weighted by atomic mass is 16.6. The second kappa shape index (κ2) is 13.0. The van der Waals surface area contributed by atoms with Gasteiger partial charge in [-0.15, -0.1) is 0 Å². The third kappa shape index (κ3) is 7.36. The molecule has 0 aliphatic carbocycles. The van der Waals surface area contributed by atoms with Crippen molar-refractivity contribution in [3.8, 4) is 17.2 Å². The highest BCUT2D eigenvalue weighted by Crippen LogP contribution is 2.30. The Hall–Kier alpha value is -3.82. The predicted molar refractivity (Wildman–Crippen MR) is 126 cm³/mol. The molecular weight excluding hydrogens is 442 g/mol. The van der Waals surface area contributed by atoms with Gasteiger partial charge in [0.25, 0.3) is 5.91 Å². The summed E-state index contributed by atoms with van der Waals surface area (Å²) in [5.41, 5.74) is 0.610. The second-order valence-electron chi connectivity index (χ2n) is 7.57. The number of unbranched alkanes of at least 4 members (excludes halogenated alkanes) is 1. The molecule has 2 aromatic rings. The van der Waals surface area contributed by atoms with Crippen LogP contribution in [0.3, 0.4) is 0 Å². The number of amides is 2. The topological polar surface area (TPSA) is 120 Å². The van der Waals surface area contributed by atoms with Crippen molar-refractivity contribution in [2.24, 2.45) is 0 Å². The van der Waals surface area contributed by atoms with E-state index in [0.717, 1.165) is 18.4 Å². The van der Waals surface area contributed by atoms with Crippen LogP contribution in [0.2, 0.25) is 0 Å². The van der Waals surface area contributed by atoms with Crippen LogP contribution in [0.4, 0.5) is 5.69 Å². The summed E-state index contributed by atoms with van der Waals surface area (Å²) in [5.74, 6) is 0.273. The maximum atomic E-state index is 13.1. The fourth-order valence-corrected chi connectivity index (χ4v) is 3.17. The maximum absolute atomic E-state index is 13.1. The van der Waals surface area contributed by atoms with Crippen molar-refractivity contribution >= 4 is 17.5 Å². The first kappa shape index (κ1) is 26.4. The van der Waals surface area contributed by atoms with Crippen molar-refractivity contribution < 1.29 is 28.7 Å². The first-order chi connectivity index (χ1) is 16.3. The summed E-state index contributed by atoms with van der Waals surface area (Å²) in [6.45, 7) is 4.06. The van der Waals surface area contributed by atoms with E-state index < -0.39 is 16.9 Å². The number of hydrogen-bond donors (Lipinski definition) is 1. The van der Waals surface area contributed by atoms with Gasteiger partial charge in [0.05, 0.1) is 19.1 Å². The Bertz CT molecular complexity index is 979. The van der Waals surface area contributed by atoms with Crippen LogP contribution in [0.5, 0.6) is 17.2 Å². The van der Waals surface area contributed by atoms with Crippen molar-refractivity contribution in [3.63, 3.8) is 0 Å². The number of carbonyl (C=O) groups excluding carboxylic acids is 2. The van der Waals surface area contributed by atoms with Crippen LogP contribution in [0.15, 0.2) is 42.5 Å². The largest absolute Gasteiger partial charge is 0.497 e. The average molecular weight is 474 g/mol. The van der Waals surface area contributed by atoms with E-state index in [9.17, 15) is 19.7 Å². The standard InChI is InChI=1S/C24H31N3O7/c1-5-6-13-25-24(29)17(2)26(15-18-7-9-19(32-3)10-8-18)23(28)16-34-20-11-12-21(27(30)31)22(14-20)33-4/h7-12,14,17H,5-6,13,15-16H2,1-4H3,(H,25,29). The third-order valence-electron chi connectivity index (χ3n) is 5.22. The lowest BCUT2D eigenvalue weighted by Gasteiger charge is -2.28. The summed E-state index contributed by atoms with van der Waals surface area (Å²) in [5, 5.41) is 13.9. The molecular formula is C24H31N3O7. The van der Waals surface area contributed by atoms with Crippen molar-refractivity contribution in [1.82, 2.24) is 10.2 Å². The SMILES string of the molecule is CCCCNC(=O)C(C)N(Cc1ccc(OC)cc1)C(=O)COc1ccc([N+](=O)[O-])c(OC)c1.